The van der Waals surface area contributed by atoms with Gasteiger partial charge in [0, 0.05) is 0 Å². The first kappa shape index (κ1) is 18.2. The zero-order valence-corrected chi connectivity index (χ0v) is 16.4. The summed E-state index contributed by atoms with van der Waals surface area (Å²) >= 11 is 0. The SMILES string of the molecule is [O-]/C(=C/[P+](c1ccccc1)(c1ccccc1)c1ccccc1)c1ccccc1. The van der Waals surface area contributed by atoms with Gasteiger partial charge in [-0.1, -0.05) is 90.7 Å². The molecule has 4 aromatic rings. The number of hydrogen-bond acceptors (Lipinski definition) is 1. The minimum atomic E-state index is -2.25. The molecule has 4 aromatic carbocycles. The lowest BCUT2D eigenvalue weighted by Gasteiger charge is -2.26. The van der Waals surface area contributed by atoms with Crippen LogP contribution in [0.1, 0.15) is 5.56 Å². The summed E-state index contributed by atoms with van der Waals surface area (Å²) in [4.78, 5) is 0. The zero-order chi connectivity index (χ0) is 19.2. The summed E-state index contributed by atoms with van der Waals surface area (Å²) in [6.07, 6.45) is 0. The second-order valence-corrected chi connectivity index (χ2v) is 9.84. The molecule has 0 bridgehead atoms. The first-order valence-electron chi connectivity index (χ1n) is 9.31. The molecule has 0 aliphatic rings. The Labute approximate surface area is 167 Å². The molecule has 0 N–H and O–H groups in total. The summed E-state index contributed by atoms with van der Waals surface area (Å²) in [5.41, 5.74) is 0.717. The molecule has 0 aliphatic carbocycles. The van der Waals surface area contributed by atoms with Gasteiger partial charge in [0.1, 0.15) is 23.2 Å². The molecule has 0 saturated carbocycles. The molecule has 0 spiro atoms. The zero-order valence-electron chi connectivity index (χ0n) is 15.5. The monoisotopic (exact) mass is 380 g/mol. The molecule has 136 valence electrons. The summed E-state index contributed by atoms with van der Waals surface area (Å²) in [5, 5.41) is 16.9. The third-order valence-electron chi connectivity index (χ3n) is 4.86. The Hall–Kier alpha value is -3.15. The summed E-state index contributed by atoms with van der Waals surface area (Å²) in [7, 11) is -2.25. The lowest BCUT2D eigenvalue weighted by atomic mass is 10.2. The maximum atomic E-state index is 13.4. The van der Waals surface area contributed by atoms with E-state index in [1.165, 1.54) is 15.9 Å². The van der Waals surface area contributed by atoms with Crippen molar-refractivity contribution in [3.05, 3.63) is 133 Å². The fraction of sp³-hybridized carbons (Fsp3) is 0. The second kappa shape index (κ2) is 8.25. The highest BCUT2D eigenvalue weighted by Crippen LogP contribution is 2.57. The fourth-order valence-corrected chi connectivity index (χ4v) is 7.28. The van der Waals surface area contributed by atoms with Crippen LogP contribution in [0, 0.1) is 0 Å². The molecule has 0 saturated heterocycles. The van der Waals surface area contributed by atoms with Gasteiger partial charge >= 0.3 is 0 Å². The van der Waals surface area contributed by atoms with E-state index in [1.54, 1.807) is 0 Å². The average molecular weight is 380 g/mol. The molecule has 4 rings (SSSR count). The number of rotatable bonds is 5. The molecule has 0 aliphatic heterocycles. The van der Waals surface area contributed by atoms with E-state index in [9.17, 15) is 5.11 Å². The number of hydrogen-bond donors (Lipinski definition) is 0. The first-order chi connectivity index (χ1) is 13.8. The second-order valence-electron chi connectivity index (χ2n) is 6.59. The summed E-state index contributed by atoms with van der Waals surface area (Å²) in [6, 6.07) is 40.8. The molecule has 28 heavy (non-hydrogen) atoms. The minimum Gasteiger partial charge on any atom is -0.870 e. The molecule has 2 heteroatoms. The van der Waals surface area contributed by atoms with E-state index >= 15 is 0 Å². The first-order valence-corrected chi connectivity index (χ1v) is 11.2. The highest BCUT2D eigenvalue weighted by atomic mass is 31.2. The lowest BCUT2D eigenvalue weighted by Crippen LogP contribution is -2.30. The van der Waals surface area contributed by atoms with Crippen molar-refractivity contribution in [3.63, 3.8) is 0 Å². The van der Waals surface area contributed by atoms with Crippen LogP contribution in [0.25, 0.3) is 5.76 Å². The Kier molecular flexibility index (Phi) is 5.37. The molecular formula is C26H21OP. The molecular weight excluding hydrogens is 359 g/mol. The molecule has 0 amide bonds. The van der Waals surface area contributed by atoms with E-state index in [-0.39, 0.29) is 5.76 Å². The van der Waals surface area contributed by atoms with Gasteiger partial charge in [-0.05, 0) is 42.0 Å². The van der Waals surface area contributed by atoms with Crippen molar-refractivity contribution in [1.82, 2.24) is 0 Å². The number of benzene rings is 4. The van der Waals surface area contributed by atoms with Gasteiger partial charge in [0.25, 0.3) is 0 Å². The van der Waals surface area contributed by atoms with E-state index in [4.69, 9.17) is 0 Å². The average Bonchev–Trinajstić information content (AvgIpc) is 2.80. The Morgan fingerprint density at radius 3 is 1.18 bits per heavy atom. The molecule has 1 nitrogen and oxygen atoms in total. The van der Waals surface area contributed by atoms with Gasteiger partial charge in [-0.25, -0.2) is 0 Å². The highest BCUT2D eigenvalue weighted by Gasteiger charge is 2.43. The van der Waals surface area contributed by atoms with Crippen molar-refractivity contribution in [2.45, 2.75) is 0 Å². The Morgan fingerprint density at radius 2 is 0.821 bits per heavy atom. The quantitative estimate of drug-likeness (QED) is 0.373. The topological polar surface area (TPSA) is 23.1 Å². The summed E-state index contributed by atoms with van der Waals surface area (Å²) in [6.45, 7) is 0. The summed E-state index contributed by atoms with van der Waals surface area (Å²) < 4.78 is 0. The predicted octanol–water partition coefficient (Wildman–Crippen LogP) is 4.34. The third-order valence-corrected chi connectivity index (χ3v) is 8.82. The summed E-state index contributed by atoms with van der Waals surface area (Å²) in [5.74, 6) is 2.04. The third kappa shape index (κ3) is 3.50. The van der Waals surface area contributed by atoms with Crippen LogP contribution >= 0.6 is 7.26 Å². The standard InChI is InChI=1S/C26H21OP/c27-26(22-13-5-1-6-14-22)21-28(23-15-7-2-8-16-23,24-17-9-3-10-18-24)25-19-11-4-12-20-25/h1-21H/b26-21+. The highest BCUT2D eigenvalue weighted by molar-refractivity contribution is 7.98. The van der Waals surface area contributed by atoms with E-state index in [1.807, 2.05) is 54.3 Å². The smallest absolute Gasteiger partial charge is 0.136 e. The van der Waals surface area contributed by atoms with Gasteiger partial charge in [-0.2, -0.15) is 0 Å². The largest absolute Gasteiger partial charge is 0.870 e. The maximum absolute atomic E-state index is 13.4. The van der Waals surface area contributed by atoms with Crippen LogP contribution in [-0.2, 0) is 0 Å². The van der Waals surface area contributed by atoms with Crippen molar-refractivity contribution in [2.75, 3.05) is 0 Å². The van der Waals surface area contributed by atoms with Crippen LogP contribution in [0.15, 0.2) is 127 Å². The van der Waals surface area contributed by atoms with Crippen LogP contribution in [0.3, 0.4) is 0 Å². The Bertz CT molecular complexity index is 946. The van der Waals surface area contributed by atoms with Crippen molar-refractivity contribution in [3.8, 4) is 0 Å². The van der Waals surface area contributed by atoms with Crippen molar-refractivity contribution in [1.29, 1.82) is 0 Å². The Morgan fingerprint density at radius 1 is 0.500 bits per heavy atom. The molecule has 0 radical (unpaired) electrons. The lowest BCUT2D eigenvalue weighted by molar-refractivity contribution is -0.243. The van der Waals surface area contributed by atoms with E-state index in [2.05, 4.69) is 72.8 Å². The van der Waals surface area contributed by atoms with E-state index < -0.39 is 7.26 Å². The van der Waals surface area contributed by atoms with Crippen LogP contribution < -0.4 is 21.0 Å². The maximum Gasteiger partial charge on any atom is 0.136 e. The van der Waals surface area contributed by atoms with Gasteiger partial charge in [0.15, 0.2) is 0 Å². The van der Waals surface area contributed by atoms with Gasteiger partial charge in [0.2, 0.25) is 0 Å². The molecule has 0 fully saturated rings. The van der Waals surface area contributed by atoms with Gasteiger partial charge < -0.3 is 5.11 Å². The predicted molar refractivity (Wildman–Crippen MR) is 120 cm³/mol. The Balaban J connectivity index is 2.04. The van der Waals surface area contributed by atoms with Crippen LogP contribution in [-0.4, -0.2) is 0 Å². The van der Waals surface area contributed by atoms with E-state index in [0.29, 0.717) is 0 Å². The normalized spacial score (nSPS) is 11.9. The van der Waals surface area contributed by atoms with Crippen LogP contribution in [0.4, 0.5) is 0 Å². The fourth-order valence-electron chi connectivity index (χ4n) is 3.51. The molecule has 0 heterocycles. The van der Waals surface area contributed by atoms with Gasteiger partial charge in [-0.3, -0.25) is 0 Å². The van der Waals surface area contributed by atoms with Crippen molar-refractivity contribution in [2.24, 2.45) is 0 Å². The molecule has 0 atom stereocenters. The van der Waals surface area contributed by atoms with Gasteiger partial charge in [0.05, 0.1) is 5.82 Å². The van der Waals surface area contributed by atoms with Crippen molar-refractivity contribution < 1.29 is 5.11 Å². The van der Waals surface area contributed by atoms with E-state index in [0.717, 1.165) is 5.56 Å². The van der Waals surface area contributed by atoms with Crippen LogP contribution in [0.5, 0.6) is 0 Å². The molecule has 0 unspecified atom stereocenters. The van der Waals surface area contributed by atoms with Crippen molar-refractivity contribution >= 4 is 28.9 Å². The van der Waals surface area contributed by atoms with Gasteiger partial charge in [-0.15, -0.1) is 0 Å². The minimum absolute atomic E-state index is 0.0606. The molecule has 0 aromatic heterocycles. The van der Waals surface area contributed by atoms with Crippen LogP contribution in [0.2, 0.25) is 0 Å².